The number of nitrogens with zero attached hydrogens (tertiary/aromatic N) is 3. The molecule has 0 aliphatic carbocycles. The van der Waals surface area contributed by atoms with Crippen molar-refractivity contribution in [1.29, 1.82) is 0 Å². The number of aromatic nitrogens is 3. The molecule has 7 heteroatoms. The van der Waals surface area contributed by atoms with Crippen molar-refractivity contribution < 1.29 is 9.21 Å². The van der Waals surface area contributed by atoms with Crippen molar-refractivity contribution >= 4 is 32.9 Å². The van der Waals surface area contributed by atoms with Crippen molar-refractivity contribution in [2.45, 2.75) is 33.9 Å². The van der Waals surface area contributed by atoms with E-state index in [1.807, 2.05) is 36.2 Å². The zero-order chi connectivity index (χ0) is 16.7. The standard InChI is InChI=1S/C16H19BrN4O2/c1-5-21-10(3)11(9(2)19-21)8-18-16(22)13-6-14-12(20(13)4)7-15(17)23-14/h6-7H,5,8H2,1-4H3,(H,18,22). The number of fused-ring (bicyclic) bond motifs is 1. The van der Waals surface area contributed by atoms with E-state index in [2.05, 4.69) is 33.3 Å². The zero-order valence-corrected chi connectivity index (χ0v) is 15.2. The molecule has 1 amide bonds. The Morgan fingerprint density at radius 3 is 2.74 bits per heavy atom. The van der Waals surface area contributed by atoms with Crippen LogP contribution in [0.15, 0.2) is 21.2 Å². The summed E-state index contributed by atoms with van der Waals surface area (Å²) in [5.74, 6) is -0.127. The number of hydrogen-bond donors (Lipinski definition) is 1. The fraction of sp³-hybridized carbons (Fsp3) is 0.375. The van der Waals surface area contributed by atoms with Crippen LogP contribution in [0.25, 0.3) is 11.1 Å². The highest BCUT2D eigenvalue weighted by atomic mass is 79.9. The highest BCUT2D eigenvalue weighted by molar-refractivity contribution is 9.10. The summed E-state index contributed by atoms with van der Waals surface area (Å²) in [6.07, 6.45) is 0. The third-order valence-electron chi connectivity index (χ3n) is 4.19. The average Bonchev–Trinajstić information content (AvgIpc) is 3.10. The van der Waals surface area contributed by atoms with Gasteiger partial charge in [-0.25, -0.2) is 0 Å². The van der Waals surface area contributed by atoms with Gasteiger partial charge in [-0.15, -0.1) is 0 Å². The number of furan rings is 1. The molecule has 6 nitrogen and oxygen atoms in total. The van der Waals surface area contributed by atoms with E-state index in [0.29, 0.717) is 22.5 Å². The largest absolute Gasteiger partial charge is 0.448 e. The number of rotatable bonds is 4. The normalized spacial score (nSPS) is 11.3. The molecular weight excluding hydrogens is 360 g/mol. The van der Waals surface area contributed by atoms with Gasteiger partial charge in [0.2, 0.25) is 0 Å². The maximum Gasteiger partial charge on any atom is 0.268 e. The first kappa shape index (κ1) is 15.9. The molecule has 3 aromatic heterocycles. The SMILES string of the molecule is CCn1nc(C)c(CNC(=O)c2cc3oc(Br)cc3n2C)c1C. The lowest BCUT2D eigenvalue weighted by Gasteiger charge is -2.07. The van der Waals surface area contributed by atoms with E-state index in [1.165, 1.54) is 0 Å². The second kappa shape index (κ2) is 5.88. The number of carbonyl (C=O) groups is 1. The minimum absolute atomic E-state index is 0.127. The predicted molar refractivity (Wildman–Crippen MR) is 91.4 cm³/mol. The van der Waals surface area contributed by atoms with Crippen molar-refractivity contribution in [1.82, 2.24) is 19.7 Å². The van der Waals surface area contributed by atoms with Crippen molar-refractivity contribution in [2.24, 2.45) is 7.05 Å². The lowest BCUT2D eigenvalue weighted by Crippen LogP contribution is -2.25. The fourth-order valence-electron chi connectivity index (χ4n) is 2.86. The minimum Gasteiger partial charge on any atom is -0.448 e. The van der Waals surface area contributed by atoms with Crippen LogP contribution < -0.4 is 5.32 Å². The molecule has 0 atom stereocenters. The third kappa shape index (κ3) is 2.69. The topological polar surface area (TPSA) is 65.0 Å². The van der Waals surface area contributed by atoms with E-state index < -0.39 is 0 Å². The van der Waals surface area contributed by atoms with Crippen LogP contribution in [0.2, 0.25) is 0 Å². The van der Waals surface area contributed by atoms with Crippen LogP contribution in [0.5, 0.6) is 0 Å². The summed E-state index contributed by atoms with van der Waals surface area (Å²) in [7, 11) is 1.85. The molecule has 0 aliphatic rings. The van der Waals surface area contributed by atoms with E-state index in [4.69, 9.17) is 4.42 Å². The van der Waals surface area contributed by atoms with Gasteiger partial charge in [0.1, 0.15) is 5.69 Å². The molecule has 0 aromatic carbocycles. The van der Waals surface area contributed by atoms with E-state index in [1.54, 1.807) is 6.07 Å². The third-order valence-corrected chi connectivity index (χ3v) is 4.58. The number of halogens is 1. The Balaban J connectivity index is 1.80. The molecule has 3 rings (SSSR count). The van der Waals surface area contributed by atoms with Gasteiger partial charge >= 0.3 is 0 Å². The molecule has 0 aliphatic heterocycles. The van der Waals surface area contributed by atoms with Crippen molar-refractivity contribution in [3.8, 4) is 0 Å². The predicted octanol–water partition coefficient (Wildman–Crippen LogP) is 3.30. The van der Waals surface area contributed by atoms with E-state index in [-0.39, 0.29) is 5.91 Å². The van der Waals surface area contributed by atoms with Crippen LogP contribution in [0.4, 0.5) is 0 Å². The smallest absolute Gasteiger partial charge is 0.268 e. The maximum atomic E-state index is 12.5. The molecule has 0 spiro atoms. The van der Waals surface area contributed by atoms with Gasteiger partial charge in [0.25, 0.3) is 5.91 Å². The molecule has 0 unspecified atom stereocenters. The summed E-state index contributed by atoms with van der Waals surface area (Å²) >= 11 is 3.30. The number of carbonyl (C=O) groups excluding carboxylic acids is 1. The van der Waals surface area contributed by atoms with Gasteiger partial charge in [0.05, 0.1) is 11.2 Å². The molecule has 0 radical (unpaired) electrons. The molecule has 23 heavy (non-hydrogen) atoms. The Hall–Kier alpha value is -2.02. The Morgan fingerprint density at radius 2 is 2.13 bits per heavy atom. The van der Waals surface area contributed by atoms with E-state index in [0.717, 1.165) is 29.0 Å². The van der Waals surface area contributed by atoms with E-state index in [9.17, 15) is 4.79 Å². The van der Waals surface area contributed by atoms with Gasteiger partial charge in [-0.2, -0.15) is 5.10 Å². The van der Waals surface area contributed by atoms with E-state index >= 15 is 0 Å². The van der Waals surface area contributed by atoms with Gasteiger partial charge in [0.15, 0.2) is 10.3 Å². The average molecular weight is 379 g/mol. The summed E-state index contributed by atoms with van der Waals surface area (Å²) < 4.78 is 9.93. The number of hydrogen-bond acceptors (Lipinski definition) is 3. The highest BCUT2D eigenvalue weighted by Gasteiger charge is 2.17. The Morgan fingerprint density at radius 1 is 1.39 bits per heavy atom. The monoisotopic (exact) mass is 378 g/mol. The van der Waals surface area contributed by atoms with Crippen LogP contribution in [-0.4, -0.2) is 20.3 Å². The highest BCUT2D eigenvalue weighted by Crippen LogP contribution is 2.26. The van der Waals surface area contributed by atoms with Gasteiger partial charge in [-0.3, -0.25) is 9.48 Å². The molecule has 3 aromatic rings. The van der Waals surface area contributed by atoms with Crippen LogP contribution in [0.1, 0.15) is 34.4 Å². The summed E-state index contributed by atoms with van der Waals surface area (Å²) in [5.41, 5.74) is 5.26. The van der Waals surface area contributed by atoms with Gasteiger partial charge in [-0.05, 0) is 36.7 Å². The number of nitrogens with one attached hydrogen (secondary N) is 1. The van der Waals surface area contributed by atoms with Crippen molar-refractivity contribution in [2.75, 3.05) is 0 Å². The van der Waals surface area contributed by atoms with Gasteiger partial charge < -0.3 is 14.3 Å². The van der Waals surface area contributed by atoms with Crippen molar-refractivity contribution in [3.05, 3.63) is 39.4 Å². The maximum absolute atomic E-state index is 12.5. The number of aryl methyl sites for hydroxylation is 3. The second-order valence-corrected chi connectivity index (χ2v) is 6.32. The molecule has 0 fully saturated rings. The second-order valence-electron chi connectivity index (χ2n) is 5.54. The Kier molecular flexibility index (Phi) is 4.06. The first-order valence-corrected chi connectivity index (χ1v) is 8.27. The van der Waals surface area contributed by atoms with Gasteiger partial charge in [-0.1, -0.05) is 0 Å². The molecule has 122 valence electrons. The van der Waals surface area contributed by atoms with Crippen LogP contribution in [0.3, 0.4) is 0 Å². The molecular formula is C16H19BrN4O2. The van der Waals surface area contributed by atoms with Crippen LogP contribution in [-0.2, 0) is 20.1 Å². The first-order valence-electron chi connectivity index (χ1n) is 7.48. The molecule has 1 N–H and O–H groups in total. The van der Waals surface area contributed by atoms with Gasteiger partial charge in [0, 0.05) is 43.5 Å². The Labute approximate surface area is 142 Å². The molecule has 0 bridgehead atoms. The summed E-state index contributed by atoms with van der Waals surface area (Å²) in [6.45, 7) is 7.33. The summed E-state index contributed by atoms with van der Waals surface area (Å²) in [6, 6.07) is 3.61. The Bertz CT molecular complexity index is 888. The molecule has 3 heterocycles. The molecule has 0 saturated heterocycles. The first-order chi connectivity index (χ1) is 10.9. The zero-order valence-electron chi connectivity index (χ0n) is 13.6. The summed E-state index contributed by atoms with van der Waals surface area (Å²) in [5, 5.41) is 7.45. The van der Waals surface area contributed by atoms with Crippen molar-refractivity contribution in [3.63, 3.8) is 0 Å². The lowest BCUT2D eigenvalue weighted by molar-refractivity contribution is 0.0943. The summed E-state index contributed by atoms with van der Waals surface area (Å²) in [4.78, 5) is 12.5. The molecule has 0 saturated carbocycles. The lowest BCUT2D eigenvalue weighted by atomic mass is 10.2. The number of amides is 1. The quantitative estimate of drug-likeness (QED) is 0.757. The van der Waals surface area contributed by atoms with Crippen LogP contribution in [0, 0.1) is 13.8 Å². The minimum atomic E-state index is -0.127. The van der Waals surface area contributed by atoms with Crippen LogP contribution >= 0.6 is 15.9 Å². The fourth-order valence-corrected chi connectivity index (χ4v) is 3.25.